The number of nitrogens with zero attached hydrogens (tertiary/aromatic N) is 3. The molecule has 4 aromatic rings. The van der Waals surface area contributed by atoms with Crippen LogP contribution in [0.2, 0.25) is 0 Å². The van der Waals surface area contributed by atoms with Crippen molar-refractivity contribution in [1.29, 1.82) is 0 Å². The van der Waals surface area contributed by atoms with Gasteiger partial charge in [0.05, 0.1) is 19.7 Å². The van der Waals surface area contributed by atoms with E-state index in [2.05, 4.69) is 15.7 Å². The molecule has 1 unspecified atom stereocenters. The lowest BCUT2D eigenvalue weighted by molar-refractivity contribution is -0.199. The molecular formula is C39H45N5O6. The zero-order chi connectivity index (χ0) is 35.9. The molecule has 1 heterocycles. The first-order valence-electron chi connectivity index (χ1n) is 16.6. The highest BCUT2D eigenvalue weighted by Crippen LogP contribution is 2.36. The van der Waals surface area contributed by atoms with Crippen LogP contribution in [0.25, 0.3) is 11.1 Å². The molecule has 5 rings (SSSR count). The number of nitrogens with one attached hydrogen (secondary N) is 2. The molecule has 0 fully saturated rings. The van der Waals surface area contributed by atoms with Crippen LogP contribution in [0.1, 0.15) is 55.5 Å². The van der Waals surface area contributed by atoms with Gasteiger partial charge in [0.2, 0.25) is 0 Å². The van der Waals surface area contributed by atoms with Crippen molar-refractivity contribution in [2.24, 2.45) is 5.41 Å². The smallest absolute Gasteiger partial charge is 0.407 e. The number of hydrogen-bond donors (Lipinski definition) is 4. The van der Waals surface area contributed by atoms with E-state index in [0.717, 1.165) is 27.8 Å². The molecule has 4 N–H and O–H groups in total. The van der Waals surface area contributed by atoms with E-state index in [0.29, 0.717) is 23.5 Å². The number of hydrazine groups is 1. The van der Waals surface area contributed by atoms with Gasteiger partial charge in [0.1, 0.15) is 6.04 Å². The number of fused-ring (bicyclic) bond motifs is 1. The number of aromatic nitrogens is 1. The number of benzene rings is 3. The fourth-order valence-electron chi connectivity index (χ4n) is 6.36. The van der Waals surface area contributed by atoms with Crippen LogP contribution in [0, 0.1) is 5.41 Å². The third-order valence-corrected chi connectivity index (χ3v) is 8.96. The van der Waals surface area contributed by atoms with Crippen LogP contribution in [0.15, 0.2) is 103 Å². The summed E-state index contributed by atoms with van der Waals surface area (Å²) in [5.41, 5.74) is 5.11. The number of ether oxygens (including phenoxy) is 1. The number of carbonyl (C=O) groups is 3. The van der Waals surface area contributed by atoms with Crippen LogP contribution in [-0.4, -0.2) is 68.6 Å². The van der Waals surface area contributed by atoms with Crippen molar-refractivity contribution in [3.8, 4) is 11.1 Å². The van der Waals surface area contributed by atoms with E-state index in [1.165, 1.54) is 12.1 Å². The number of rotatable bonds is 12. The van der Waals surface area contributed by atoms with Crippen molar-refractivity contribution < 1.29 is 29.4 Å². The fourth-order valence-corrected chi connectivity index (χ4v) is 6.36. The van der Waals surface area contributed by atoms with Gasteiger partial charge < -0.3 is 15.2 Å². The van der Waals surface area contributed by atoms with Crippen LogP contribution in [0.4, 0.5) is 4.79 Å². The average molecular weight is 680 g/mol. The van der Waals surface area contributed by atoms with Gasteiger partial charge in [-0.3, -0.25) is 25.2 Å². The largest absolute Gasteiger partial charge is 0.453 e. The Morgan fingerprint density at radius 2 is 1.62 bits per heavy atom. The fraction of sp³-hybridized carbons (Fsp3) is 0.333. The first-order valence-corrected chi connectivity index (χ1v) is 16.6. The van der Waals surface area contributed by atoms with Gasteiger partial charge in [-0.2, -0.15) is 0 Å². The number of aryl methyl sites for hydroxylation is 1. The predicted molar refractivity (Wildman–Crippen MR) is 188 cm³/mol. The van der Waals surface area contributed by atoms with Gasteiger partial charge in [0, 0.05) is 25.4 Å². The van der Waals surface area contributed by atoms with Crippen molar-refractivity contribution in [2.45, 2.75) is 64.3 Å². The van der Waals surface area contributed by atoms with E-state index in [1.807, 2.05) is 66.7 Å². The second kappa shape index (κ2) is 15.6. The van der Waals surface area contributed by atoms with E-state index >= 15 is 0 Å². The van der Waals surface area contributed by atoms with Crippen molar-refractivity contribution in [3.05, 3.63) is 126 Å². The van der Waals surface area contributed by atoms with E-state index < -0.39 is 47.6 Å². The average Bonchev–Trinajstić information content (AvgIpc) is 3.54. The highest BCUT2D eigenvalue weighted by molar-refractivity contribution is 5.87. The molecule has 3 amide bonds. The normalized spacial score (nSPS) is 15.8. The Morgan fingerprint density at radius 1 is 0.920 bits per heavy atom. The SMILES string of the molecule is COC(=O)N[C@H](C(=O)NN(Cc1ccc(-c2cccnc2)cc1)C[C@@](O)(Cc1ccccc1)C(=O)N(O)C1CCc2ccccc21)C(C)(C)C. The summed E-state index contributed by atoms with van der Waals surface area (Å²) in [6, 6.07) is 26.4. The molecule has 0 spiro atoms. The Bertz CT molecular complexity index is 1760. The van der Waals surface area contributed by atoms with Gasteiger partial charge in [0.25, 0.3) is 11.8 Å². The summed E-state index contributed by atoms with van der Waals surface area (Å²) < 4.78 is 4.79. The number of aliphatic hydroxyl groups is 1. The monoisotopic (exact) mass is 679 g/mol. The molecule has 11 nitrogen and oxygen atoms in total. The molecule has 11 heteroatoms. The van der Waals surface area contributed by atoms with Crippen molar-refractivity contribution in [3.63, 3.8) is 0 Å². The maximum absolute atomic E-state index is 14.3. The number of alkyl carbamates (subject to hydrolysis) is 1. The van der Waals surface area contributed by atoms with Crippen LogP contribution in [-0.2, 0) is 33.7 Å². The zero-order valence-electron chi connectivity index (χ0n) is 28.9. The summed E-state index contributed by atoms with van der Waals surface area (Å²) in [4.78, 5) is 44.7. The maximum atomic E-state index is 14.3. The number of methoxy groups -OCH3 is 1. The third-order valence-electron chi connectivity index (χ3n) is 8.96. The topological polar surface area (TPSA) is 144 Å². The highest BCUT2D eigenvalue weighted by atomic mass is 16.5. The second-order valence-electron chi connectivity index (χ2n) is 13.8. The quantitative estimate of drug-likeness (QED) is 0.118. The van der Waals surface area contributed by atoms with E-state index in [1.54, 1.807) is 57.4 Å². The minimum absolute atomic E-state index is 0.0796. The van der Waals surface area contributed by atoms with Gasteiger partial charge in [-0.25, -0.2) is 14.9 Å². The number of hydrogen-bond acceptors (Lipinski definition) is 8. The Kier molecular flexibility index (Phi) is 11.3. The van der Waals surface area contributed by atoms with Crippen molar-refractivity contribution >= 4 is 17.9 Å². The van der Waals surface area contributed by atoms with Gasteiger partial charge in [-0.15, -0.1) is 0 Å². The standard InChI is InChI=1S/C39H45N5O6/c1-38(2,3)34(41-37(47)50-4)35(45)42-43(25-28-16-18-29(19-17-28)31-14-10-22-40-24-31)26-39(48,23-27-11-6-5-7-12-27)36(46)44(49)33-21-20-30-13-8-9-15-32(30)33/h5-19,22,24,33-34,48-49H,20-21,23,25-26H2,1-4H3,(H,41,47)(H,42,45)/t33?,34-,39+/m1/s1. The summed E-state index contributed by atoms with van der Waals surface area (Å²) in [6.07, 6.45) is 3.73. The van der Waals surface area contributed by atoms with E-state index in [4.69, 9.17) is 4.74 Å². The van der Waals surface area contributed by atoms with Gasteiger partial charge in [-0.05, 0) is 57.7 Å². The molecule has 0 saturated heterocycles. The number of carbonyl (C=O) groups excluding carboxylic acids is 3. The molecule has 50 heavy (non-hydrogen) atoms. The molecule has 1 aromatic heterocycles. The van der Waals surface area contributed by atoms with Crippen LogP contribution >= 0.6 is 0 Å². The Labute approximate surface area is 292 Å². The summed E-state index contributed by atoms with van der Waals surface area (Å²) in [5, 5.41) is 28.6. The molecule has 0 radical (unpaired) electrons. The highest BCUT2D eigenvalue weighted by Gasteiger charge is 2.45. The Hall–Kier alpha value is -5.10. The van der Waals surface area contributed by atoms with Crippen molar-refractivity contribution in [1.82, 2.24) is 25.8 Å². The van der Waals surface area contributed by atoms with Crippen molar-refractivity contribution in [2.75, 3.05) is 13.7 Å². The van der Waals surface area contributed by atoms with Crippen LogP contribution in [0.5, 0.6) is 0 Å². The molecule has 3 atom stereocenters. The minimum atomic E-state index is -2.19. The third kappa shape index (κ3) is 8.73. The summed E-state index contributed by atoms with van der Waals surface area (Å²) in [6.45, 7) is 5.08. The number of hydroxylamine groups is 2. The first kappa shape index (κ1) is 36.2. The second-order valence-corrected chi connectivity index (χ2v) is 13.8. The molecule has 1 aliphatic carbocycles. The molecule has 262 valence electrons. The lowest BCUT2D eigenvalue weighted by atomic mass is 9.86. The van der Waals surface area contributed by atoms with Crippen LogP contribution in [0.3, 0.4) is 0 Å². The molecule has 0 saturated carbocycles. The van der Waals surface area contributed by atoms with E-state index in [-0.39, 0.29) is 13.0 Å². The molecule has 0 aliphatic heterocycles. The lowest BCUT2D eigenvalue weighted by Gasteiger charge is -2.38. The number of pyridine rings is 1. The Balaban J connectivity index is 1.49. The molecule has 0 bridgehead atoms. The zero-order valence-corrected chi connectivity index (χ0v) is 28.9. The first-order chi connectivity index (χ1) is 23.9. The van der Waals surface area contributed by atoms with Gasteiger partial charge in [-0.1, -0.05) is 106 Å². The van der Waals surface area contributed by atoms with Gasteiger partial charge in [0.15, 0.2) is 5.60 Å². The summed E-state index contributed by atoms with van der Waals surface area (Å²) in [7, 11) is 1.22. The lowest BCUT2D eigenvalue weighted by Crippen LogP contribution is -2.62. The maximum Gasteiger partial charge on any atom is 0.407 e. The Morgan fingerprint density at radius 3 is 2.28 bits per heavy atom. The predicted octanol–water partition coefficient (Wildman–Crippen LogP) is 5.23. The summed E-state index contributed by atoms with van der Waals surface area (Å²) in [5.74, 6) is -1.47. The number of amides is 3. The van der Waals surface area contributed by atoms with E-state index in [9.17, 15) is 24.7 Å². The summed E-state index contributed by atoms with van der Waals surface area (Å²) >= 11 is 0. The molecule has 1 aliphatic rings. The minimum Gasteiger partial charge on any atom is -0.453 e. The molecule has 3 aromatic carbocycles. The van der Waals surface area contributed by atoms with Crippen LogP contribution < -0.4 is 10.7 Å². The van der Waals surface area contributed by atoms with Gasteiger partial charge >= 0.3 is 6.09 Å². The molecular weight excluding hydrogens is 634 g/mol.